The monoisotopic (exact) mass is 534 g/mol. The number of ether oxygens (including phenoxy) is 2. The largest absolute Gasteiger partial charge is 0.508 e. The number of nitrogens with zero attached hydrogens (tertiary/aromatic N) is 2. The molecular weight excluding hydrogens is 476 g/mol. The number of carbonyl (C=O) groups excluding carboxylic acids is 1. The maximum atomic E-state index is 13.1. The molecule has 0 saturated heterocycles. The molecule has 216 valence electrons. The van der Waals surface area contributed by atoms with Crippen LogP contribution in [0.3, 0.4) is 0 Å². The first-order valence-corrected chi connectivity index (χ1v) is 15.0. The Balaban J connectivity index is 0.00000612. The number of hydrogen-bond donors (Lipinski definition) is 0. The van der Waals surface area contributed by atoms with Crippen molar-refractivity contribution in [3.8, 4) is 0 Å². The maximum Gasteiger partial charge on any atom is 0.508 e. The van der Waals surface area contributed by atoms with E-state index in [0.29, 0.717) is 12.1 Å². The molecule has 6 nitrogen and oxygen atoms in total. The third-order valence-electron chi connectivity index (χ3n) is 7.96. The highest BCUT2D eigenvalue weighted by atomic mass is 35.5. The molecule has 0 aliphatic heterocycles. The van der Waals surface area contributed by atoms with Gasteiger partial charge in [0.05, 0.1) is 0 Å². The van der Waals surface area contributed by atoms with Crippen molar-refractivity contribution < 1.29 is 19.7 Å². The van der Waals surface area contributed by atoms with Crippen LogP contribution in [0, 0.1) is 0 Å². The summed E-state index contributed by atoms with van der Waals surface area (Å²) in [6.45, 7) is 13.5. The molecule has 7 heteroatoms. The van der Waals surface area contributed by atoms with Gasteiger partial charge in [-0.15, -0.1) is 12.4 Å². The number of halogens is 1. The topological polar surface area (TPSA) is 73.5 Å². The Morgan fingerprint density at radius 2 is 0.917 bits per heavy atom. The summed E-state index contributed by atoms with van der Waals surface area (Å²) in [5.74, 6) is 0. The molecule has 0 bridgehead atoms. The van der Waals surface area contributed by atoms with Crippen molar-refractivity contribution >= 4 is 18.6 Å². The number of carbonyl (C=O) groups is 1. The molecule has 0 aromatic rings. The molecule has 0 heterocycles. The van der Waals surface area contributed by atoms with E-state index in [1.54, 1.807) is 0 Å². The van der Waals surface area contributed by atoms with Crippen molar-refractivity contribution in [3.05, 3.63) is 0 Å². The molecule has 0 aromatic heterocycles. The first kappa shape index (κ1) is 35.4. The first-order valence-electron chi connectivity index (χ1n) is 15.0. The van der Waals surface area contributed by atoms with Crippen LogP contribution in [-0.4, -0.2) is 71.9 Å². The summed E-state index contributed by atoms with van der Waals surface area (Å²) in [6.07, 6.45) is 18.2. The lowest BCUT2D eigenvalue weighted by molar-refractivity contribution is -0.0668. The van der Waals surface area contributed by atoms with Crippen molar-refractivity contribution in [1.29, 1.82) is 0 Å². The van der Waals surface area contributed by atoms with Crippen LogP contribution in [0.4, 0.5) is 4.79 Å². The van der Waals surface area contributed by atoms with Crippen LogP contribution < -0.4 is 0 Å². The quantitative estimate of drug-likeness (QED) is 0.196. The van der Waals surface area contributed by atoms with Crippen LogP contribution in [0.15, 0.2) is 0 Å². The third-order valence-corrected chi connectivity index (χ3v) is 7.96. The number of rotatable bonds is 16. The molecular formula is C29H59ClN2O4. The predicted octanol–water partition coefficient (Wildman–Crippen LogP) is 7.16. The fraction of sp³-hybridized carbons (Fsp3) is 0.966. The summed E-state index contributed by atoms with van der Waals surface area (Å²) in [5.41, 5.74) is 0. The van der Waals surface area contributed by atoms with Crippen molar-refractivity contribution in [2.75, 3.05) is 26.2 Å². The maximum absolute atomic E-state index is 13.1. The van der Waals surface area contributed by atoms with Crippen LogP contribution in [0.25, 0.3) is 0 Å². The minimum absolute atomic E-state index is 0. The Morgan fingerprint density at radius 3 is 1.22 bits per heavy atom. The lowest BCUT2D eigenvalue weighted by Gasteiger charge is -2.41. The van der Waals surface area contributed by atoms with Gasteiger partial charge in [-0.05, 0) is 90.4 Å². The second kappa shape index (κ2) is 21.4. The molecule has 0 aromatic carbocycles. The summed E-state index contributed by atoms with van der Waals surface area (Å²) in [6, 6.07) is 0.708. The molecule has 2 rings (SSSR count). The van der Waals surface area contributed by atoms with Crippen LogP contribution >= 0.6 is 12.4 Å². The van der Waals surface area contributed by atoms with Gasteiger partial charge in [-0.2, -0.15) is 0 Å². The highest BCUT2D eigenvalue weighted by Crippen LogP contribution is 2.30. The standard InChI is InChI=1S/C29H56N2O3.ClH.H2O/c1-5-9-21-30(22-10-6-2)25-17-13-15-19-27(25)33-29(32)34-28-20-16-14-18-26(28)31(23-11-7-3)24-12-8-4;;/h25-28H,5-24H2,1-4H3;1H;1H2. The van der Waals surface area contributed by atoms with Gasteiger partial charge in [0.1, 0.15) is 12.2 Å². The van der Waals surface area contributed by atoms with Gasteiger partial charge < -0.3 is 14.9 Å². The normalized spacial score (nSPS) is 24.2. The zero-order valence-corrected chi connectivity index (χ0v) is 24.8. The predicted molar refractivity (Wildman–Crippen MR) is 153 cm³/mol. The molecule has 2 aliphatic rings. The van der Waals surface area contributed by atoms with Crippen molar-refractivity contribution in [2.45, 2.75) is 155 Å². The summed E-state index contributed by atoms with van der Waals surface area (Å²) in [5, 5.41) is 0. The van der Waals surface area contributed by atoms with Crippen LogP contribution in [0.5, 0.6) is 0 Å². The van der Waals surface area contributed by atoms with Gasteiger partial charge >= 0.3 is 6.16 Å². The Hall–Kier alpha value is -0.560. The minimum atomic E-state index is -0.411. The van der Waals surface area contributed by atoms with Gasteiger partial charge in [-0.1, -0.05) is 66.2 Å². The molecule has 2 fully saturated rings. The molecule has 0 amide bonds. The lowest BCUT2D eigenvalue weighted by Crippen LogP contribution is -2.50. The van der Waals surface area contributed by atoms with Crippen LogP contribution in [0.2, 0.25) is 0 Å². The first-order chi connectivity index (χ1) is 16.6. The zero-order chi connectivity index (χ0) is 24.6. The van der Waals surface area contributed by atoms with E-state index in [-0.39, 0.29) is 30.1 Å². The van der Waals surface area contributed by atoms with E-state index in [0.717, 1.165) is 64.7 Å². The Bertz CT molecular complexity index is 479. The van der Waals surface area contributed by atoms with E-state index in [9.17, 15) is 4.79 Å². The van der Waals surface area contributed by atoms with E-state index in [2.05, 4.69) is 37.5 Å². The van der Waals surface area contributed by atoms with E-state index in [4.69, 9.17) is 9.47 Å². The SMILES string of the molecule is CCCCN(CCCC)C1CCCCC1OC(=O)OC1CCCCC1N(CCCC)CCCC.Cl.O. The second-order valence-corrected chi connectivity index (χ2v) is 10.8. The second-order valence-electron chi connectivity index (χ2n) is 10.8. The average molecular weight is 535 g/mol. The molecule has 2 saturated carbocycles. The molecule has 0 spiro atoms. The molecule has 4 unspecified atom stereocenters. The minimum Gasteiger partial charge on any atom is -0.429 e. The van der Waals surface area contributed by atoms with Crippen molar-refractivity contribution in [1.82, 2.24) is 9.80 Å². The van der Waals surface area contributed by atoms with Crippen LogP contribution in [0.1, 0.15) is 130 Å². The zero-order valence-electron chi connectivity index (χ0n) is 24.0. The van der Waals surface area contributed by atoms with Crippen molar-refractivity contribution in [2.24, 2.45) is 0 Å². The van der Waals surface area contributed by atoms with Crippen molar-refractivity contribution in [3.63, 3.8) is 0 Å². The van der Waals surface area contributed by atoms with Gasteiger partial charge in [-0.25, -0.2) is 4.79 Å². The number of hydrogen-bond acceptors (Lipinski definition) is 5. The molecule has 2 N–H and O–H groups in total. The van der Waals surface area contributed by atoms with E-state index >= 15 is 0 Å². The third kappa shape index (κ3) is 12.3. The molecule has 36 heavy (non-hydrogen) atoms. The summed E-state index contributed by atoms with van der Waals surface area (Å²) in [4.78, 5) is 18.3. The van der Waals surface area contributed by atoms with E-state index in [1.807, 2.05) is 0 Å². The van der Waals surface area contributed by atoms with Gasteiger partial charge in [0.2, 0.25) is 0 Å². The van der Waals surface area contributed by atoms with Gasteiger partial charge in [0.15, 0.2) is 0 Å². The summed E-state index contributed by atoms with van der Waals surface area (Å²) in [7, 11) is 0. The fourth-order valence-electron chi connectivity index (χ4n) is 5.87. The molecule has 4 atom stereocenters. The van der Waals surface area contributed by atoms with Crippen LogP contribution in [-0.2, 0) is 9.47 Å². The van der Waals surface area contributed by atoms with Gasteiger partial charge in [0.25, 0.3) is 0 Å². The molecule has 2 aliphatic carbocycles. The fourth-order valence-corrected chi connectivity index (χ4v) is 5.87. The van der Waals surface area contributed by atoms with Gasteiger partial charge in [-0.3, -0.25) is 9.80 Å². The average Bonchev–Trinajstić information content (AvgIpc) is 2.85. The number of unbranched alkanes of at least 4 members (excludes halogenated alkanes) is 4. The Labute approximate surface area is 228 Å². The van der Waals surface area contributed by atoms with E-state index < -0.39 is 6.16 Å². The highest BCUT2D eigenvalue weighted by molar-refractivity contribution is 5.85. The highest BCUT2D eigenvalue weighted by Gasteiger charge is 2.36. The summed E-state index contributed by atoms with van der Waals surface area (Å²) < 4.78 is 12.2. The Morgan fingerprint density at radius 1 is 0.611 bits per heavy atom. The summed E-state index contributed by atoms with van der Waals surface area (Å²) >= 11 is 0. The smallest absolute Gasteiger partial charge is 0.429 e. The molecule has 0 radical (unpaired) electrons. The van der Waals surface area contributed by atoms with Gasteiger partial charge in [0, 0.05) is 12.1 Å². The lowest BCUT2D eigenvalue weighted by atomic mass is 9.90. The Kier molecular flexibility index (Phi) is 21.0. The van der Waals surface area contributed by atoms with E-state index in [1.165, 1.54) is 64.2 Å².